The third kappa shape index (κ3) is 3.21. The van der Waals surface area contributed by atoms with Crippen LogP contribution in [0, 0.1) is 0 Å². The van der Waals surface area contributed by atoms with Crippen LogP contribution in [-0.4, -0.2) is 19.8 Å². The van der Waals surface area contributed by atoms with Gasteiger partial charge in [-0.05, 0) is 53.2 Å². The maximum atomic E-state index is 6.50. The molecule has 30 heavy (non-hydrogen) atoms. The zero-order valence-corrected chi connectivity index (χ0v) is 19.0. The number of methoxy groups -OCH3 is 1. The Bertz CT molecular complexity index is 1020. The summed E-state index contributed by atoms with van der Waals surface area (Å²) in [6.07, 6.45) is 5.12. The van der Waals surface area contributed by atoms with Gasteiger partial charge in [-0.25, -0.2) is 0 Å². The SMILES string of the molecule is C=C1c2c(ccc(C(C)(C)C)c2/C=C\C)OC2COc3cc(OC)c(CC)cc3[C@H]12. The summed E-state index contributed by atoms with van der Waals surface area (Å²) in [6, 6.07) is 8.53. The maximum absolute atomic E-state index is 6.50. The van der Waals surface area contributed by atoms with E-state index in [-0.39, 0.29) is 17.4 Å². The first kappa shape index (κ1) is 20.6. The molecular formula is C27H32O3. The van der Waals surface area contributed by atoms with Crippen molar-refractivity contribution in [3.05, 3.63) is 64.7 Å². The van der Waals surface area contributed by atoms with Crippen molar-refractivity contribution >= 4 is 11.6 Å². The van der Waals surface area contributed by atoms with Crippen LogP contribution in [0.15, 0.2) is 36.9 Å². The third-order valence-corrected chi connectivity index (χ3v) is 6.23. The van der Waals surface area contributed by atoms with Crippen molar-refractivity contribution in [2.75, 3.05) is 13.7 Å². The van der Waals surface area contributed by atoms with Crippen molar-refractivity contribution in [2.45, 2.75) is 58.5 Å². The van der Waals surface area contributed by atoms with E-state index in [4.69, 9.17) is 14.2 Å². The highest BCUT2D eigenvalue weighted by atomic mass is 16.5. The standard InChI is InChI=1S/C27H32O3/c1-8-10-18-20(27(4,5)6)11-12-21-25(18)16(3)26-19-13-17(9-2)22(28-7)14-23(19)29-15-24(26)30-21/h8,10-14,24,26H,3,9,15H2,1-2,4-7H3/b10-8-/t24?,26-/m0/s1. The van der Waals surface area contributed by atoms with Gasteiger partial charge in [-0.15, -0.1) is 0 Å². The van der Waals surface area contributed by atoms with Gasteiger partial charge in [-0.1, -0.05) is 52.5 Å². The fourth-order valence-corrected chi connectivity index (χ4v) is 4.78. The van der Waals surface area contributed by atoms with Crippen LogP contribution in [0.2, 0.25) is 0 Å². The van der Waals surface area contributed by atoms with Crippen LogP contribution in [0.3, 0.4) is 0 Å². The summed E-state index contributed by atoms with van der Waals surface area (Å²) >= 11 is 0. The molecule has 0 spiro atoms. The van der Waals surface area contributed by atoms with Crippen LogP contribution in [-0.2, 0) is 11.8 Å². The summed E-state index contributed by atoms with van der Waals surface area (Å²) in [5.41, 5.74) is 7.10. The van der Waals surface area contributed by atoms with Crippen LogP contribution < -0.4 is 14.2 Å². The van der Waals surface area contributed by atoms with E-state index in [2.05, 4.69) is 71.5 Å². The summed E-state index contributed by atoms with van der Waals surface area (Å²) in [6.45, 7) is 16.1. The molecule has 0 aromatic heterocycles. The zero-order chi connectivity index (χ0) is 21.6. The number of hydrogen-bond donors (Lipinski definition) is 0. The Morgan fingerprint density at radius 2 is 1.97 bits per heavy atom. The average molecular weight is 405 g/mol. The van der Waals surface area contributed by atoms with Crippen molar-refractivity contribution in [3.8, 4) is 17.2 Å². The second-order valence-corrected chi connectivity index (χ2v) is 9.18. The predicted octanol–water partition coefficient (Wildman–Crippen LogP) is 6.54. The molecule has 2 aromatic carbocycles. The molecular weight excluding hydrogens is 372 g/mol. The highest BCUT2D eigenvalue weighted by Crippen LogP contribution is 2.52. The number of aryl methyl sites for hydroxylation is 1. The molecule has 2 heterocycles. The topological polar surface area (TPSA) is 27.7 Å². The Balaban J connectivity index is 1.90. The molecule has 3 heteroatoms. The number of ether oxygens (including phenoxy) is 3. The number of hydrogen-bond acceptors (Lipinski definition) is 3. The first-order chi connectivity index (χ1) is 14.3. The Morgan fingerprint density at radius 3 is 2.60 bits per heavy atom. The number of rotatable bonds is 3. The molecule has 2 aliphatic heterocycles. The predicted molar refractivity (Wildman–Crippen MR) is 124 cm³/mol. The van der Waals surface area contributed by atoms with E-state index in [0.29, 0.717) is 6.61 Å². The first-order valence-electron chi connectivity index (χ1n) is 10.8. The second-order valence-electron chi connectivity index (χ2n) is 9.18. The molecule has 158 valence electrons. The van der Waals surface area contributed by atoms with Crippen LogP contribution in [0.25, 0.3) is 11.6 Å². The van der Waals surface area contributed by atoms with E-state index >= 15 is 0 Å². The molecule has 2 aromatic rings. The van der Waals surface area contributed by atoms with Crippen molar-refractivity contribution < 1.29 is 14.2 Å². The normalized spacial score (nSPS) is 20.1. The Hall–Kier alpha value is -2.68. The lowest BCUT2D eigenvalue weighted by molar-refractivity contribution is 0.0950. The summed E-state index contributed by atoms with van der Waals surface area (Å²) in [7, 11) is 1.71. The fraction of sp³-hybridized carbons (Fsp3) is 0.407. The second kappa shape index (κ2) is 7.54. The van der Waals surface area contributed by atoms with Gasteiger partial charge in [0.2, 0.25) is 0 Å². The van der Waals surface area contributed by atoms with Crippen molar-refractivity contribution in [1.29, 1.82) is 0 Å². The van der Waals surface area contributed by atoms with Gasteiger partial charge in [0.25, 0.3) is 0 Å². The molecule has 1 unspecified atom stereocenters. The van der Waals surface area contributed by atoms with Gasteiger partial charge >= 0.3 is 0 Å². The molecule has 0 N–H and O–H groups in total. The summed E-state index contributed by atoms with van der Waals surface area (Å²) in [4.78, 5) is 0. The highest BCUT2D eigenvalue weighted by molar-refractivity contribution is 5.85. The molecule has 0 bridgehead atoms. The van der Waals surface area contributed by atoms with Gasteiger partial charge in [0.15, 0.2) is 0 Å². The minimum Gasteiger partial charge on any atom is -0.496 e. The summed E-state index contributed by atoms with van der Waals surface area (Å²) in [5, 5.41) is 0. The Kier molecular flexibility index (Phi) is 5.17. The largest absolute Gasteiger partial charge is 0.496 e. The highest BCUT2D eigenvalue weighted by Gasteiger charge is 2.41. The van der Waals surface area contributed by atoms with Crippen LogP contribution in [0.5, 0.6) is 17.2 Å². The van der Waals surface area contributed by atoms with E-state index in [1.54, 1.807) is 7.11 Å². The number of allylic oxidation sites excluding steroid dienone is 1. The fourth-order valence-electron chi connectivity index (χ4n) is 4.78. The lowest BCUT2D eigenvalue weighted by Gasteiger charge is -2.41. The quantitative estimate of drug-likeness (QED) is 0.581. The van der Waals surface area contributed by atoms with Gasteiger partial charge in [-0.2, -0.15) is 0 Å². The molecule has 0 fully saturated rings. The number of fused-ring (bicyclic) bond motifs is 4. The number of benzene rings is 2. The summed E-state index contributed by atoms with van der Waals surface area (Å²) < 4.78 is 18.2. The molecule has 2 atom stereocenters. The monoisotopic (exact) mass is 404 g/mol. The average Bonchev–Trinajstić information content (AvgIpc) is 2.71. The molecule has 0 saturated heterocycles. The molecule has 0 radical (unpaired) electrons. The first-order valence-corrected chi connectivity index (χ1v) is 10.8. The van der Waals surface area contributed by atoms with E-state index in [9.17, 15) is 0 Å². The van der Waals surface area contributed by atoms with Gasteiger partial charge in [0.1, 0.15) is 30.0 Å². The van der Waals surface area contributed by atoms with Crippen molar-refractivity contribution in [1.82, 2.24) is 0 Å². The maximum Gasteiger partial charge on any atom is 0.144 e. The van der Waals surface area contributed by atoms with E-state index in [1.807, 2.05) is 6.07 Å². The van der Waals surface area contributed by atoms with Gasteiger partial charge in [-0.3, -0.25) is 0 Å². The molecule has 3 nitrogen and oxygen atoms in total. The molecule has 4 rings (SSSR count). The molecule has 0 saturated carbocycles. The van der Waals surface area contributed by atoms with Crippen molar-refractivity contribution in [3.63, 3.8) is 0 Å². The molecule has 2 aliphatic rings. The van der Waals surface area contributed by atoms with Crippen molar-refractivity contribution in [2.24, 2.45) is 0 Å². The van der Waals surface area contributed by atoms with Gasteiger partial charge in [0.05, 0.1) is 13.0 Å². The van der Waals surface area contributed by atoms with E-state index in [0.717, 1.165) is 40.4 Å². The Labute approximate surface area is 180 Å². The van der Waals surface area contributed by atoms with E-state index < -0.39 is 0 Å². The molecule has 0 amide bonds. The van der Waals surface area contributed by atoms with Gasteiger partial charge < -0.3 is 14.2 Å². The lowest BCUT2D eigenvalue weighted by atomic mass is 9.74. The van der Waals surface area contributed by atoms with Gasteiger partial charge in [0, 0.05) is 17.2 Å². The van der Waals surface area contributed by atoms with E-state index in [1.165, 1.54) is 16.7 Å². The minimum atomic E-state index is -0.0745. The summed E-state index contributed by atoms with van der Waals surface area (Å²) in [5.74, 6) is 2.72. The minimum absolute atomic E-state index is 0.0251. The molecule has 0 aliphatic carbocycles. The van der Waals surface area contributed by atoms with Crippen LogP contribution in [0.1, 0.15) is 68.4 Å². The lowest BCUT2D eigenvalue weighted by Crippen LogP contribution is -2.39. The smallest absolute Gasteiger partial charge is 0.144 e. The van der Waals surface area contributed by atoms with Crippen LogP contribution in [0.4, 0.5) is 0 Å². The Morgan fingerprint density at radius 1 is 1.20 bits per heavy atom. The van der Waals surface area contributed by atoms with Crippen LogP contribution >= 0.6 is 0 Å². The third-order valence-electron chi connectivity index (χ3n) is 6.23. The zero-order valence-electron chi connectivity index (χ0n) is 19.0.